The van der Waals surface area contributed by atoms with Crippen LogP contribution in [0.2, 0.25) is 0 Å². The van der Waals surface area contributed by atoms with Crippen LogP contribution in [0, 0.1) is 0 Å². The van der Waals surface area contributed by atoms with Gasteiger partial charge in [0.2, 0.25) is 0 Å². The molecule has 1 atom stereocenters. The first kappa shape index (κ1) is 25.4. The maximum absolute atomic E-state index is 13.4. The second-order valence-corrected chi connectivity index (χ2v) is 7.75. The van der Waals surface area contributed by atoms with Gasteiger partial charge >= 0.3 is 5.97 Å². The average molecular weight is 480 g/mol. The van der Waals surface area contributed by atoms with Gasteiger partial charge in [-0.15, -0.1) is 0 Å². The number of benzene rings is 3. The molecule has 0 spiro atoms. The number of nitrogens with zero attached hydrogens (tertiary/aromatic N) is 1. The molecule has 8 heteroatoms. The second kappa shape index (κ2) is 11.8. The first-order valence-corrected chi connectivity index (χ1v) is 11.0. The van der Waals surface area contributed by atoms with Crippen LogP contribution < -0.4 is 18.9 Å². The normalized spacial score (nSPS) is 11.3. The van der Waals surface area contributed by atoms with Crippen LogP contribution in [-0.4, -0.2) is 49.8 Å². The van der Waals surface area contributed by atoms with Crippen LogP contribution in [0.5, 0.6) is 23.0 Å². The zero-order valence-electron chi connectivity index (χ0n) is 20.2. The van der Waals surface area contributed by atoms with Crippen molar-refractivity contribution in [1.29, 1.82) is 0 Å². The highest BCUT2D eigenvalue weighted by atomic mass is 16.5. The molecule has 0 saturated carbocycles. The monoisotopic (exact) mass is 479 g/mol. The Morgan fingerprint density at radius 1 is 0.857 bits per heavy atom. The zero-order valence-corrected chi connectivity index (χ0v) is 20.2. The summed E-state index contributed by atoms with van der Waals surface area (Å²) in [5.74, 6) is 0.169. The van der Waals surface area contributed by atoms with Gasteiger partial charge in [-0.2, -0.15) is 0 Å². The van der Waals surface area contributed by atoms with Gasteiger partial charge in [0.25, 0.3) is 5.91 Å². The van der Waals surface area contributed by atoms with Gasteiger partial charge in [0.1, 0.15) is 17.1 Å². The highest BCUT2D eigenvalue weighted by Gasteiger charge is 2.24. The Morgan fingerprint density at radius 3 is 2.20 bits per heavy atom. The van der Waals surface area contributed by atoms with Crippen molar-refractivity contribution in [1.82, 2.24) is 4.90 Å². The SMILES string of the molecule is COc1ccc(C(=O)O)c(OCC(=O)N(Cc2ccc(OC)c(OC)c2)[C@@H](C)c2ccccc2)c1. The smallest absolute Gasteiger partial charge is 0.339 e. The molecule has 35 heavy (non-hydrogen) atoms. The lowest BCUT2D eigenvalue weighted by atomic mass is 10.1. The molecule has 0 unspecified atom stereocenters. The van der Waals surface area contributed by atoms with Crippen LogP contribution in [0.4, 0.5) is 0 Å². The third kappa shape index (κ3) is 6.23. The van der Waals surface area contributed by atoms with Gasteiger partial charge in [0.05, 0.1) is 27.4 Å². The predicted molar refractivity (Wildman–Crippen MR) is 130 cm³/mol. The quantitative estimate of drug-likeness (QED) is 0.430. The lowest BCUT2D eigenvalue weighted by Crippen LogP contribution is -2.36. The minimum absolute atomic E-state index is 0.0545. The number of carbonyl (C=O) groups is 2. The third-order valence-corrected chi connectivity index (χ3v) is 5.64. The topological polar surface area (TPSA) is 94.5 Å². The van der Waals surface area contributed by atoms with Crippen molar-refractivity contribution in [2.75, 3.05) is 27.9 Å². The van der Waals surface area contributed by atoms with E-state index < -0.39 is 5.97 Å². The van der Waals surface area contributed by atoms with Crippen molar-refractivity contribution < 1.29 is 33.6 Å². The molecule has 0 saturated heterocycles. The first-order chi connectivity index (χ1) is 16.9. The molecule has 0 aliphatic heterocycles. The second-order valence-electron chi connectivity index (χ2n) is 7.75. The summed E-state index contributed by atoms with van der Waals surface area (Å²) in [6.07, 6.45) is 0. The lowest BCUT2D eigenvalue weighted by Gasteiger charge is -2.30. The molecule has 184 valence electrons. The molecule has 1 amide bonds. The van der Waals surface area contributed by atoms with Gasteiger partial charge in [-0.05, 0) is 42.3 Å². The minimum Gasteiger partial charge on any atom is -0.497 e. The van der Waals surface area contributed by atoms with E-state index in [1.54, 1.807) is 25.2 Å². The summed E-state index contributed by atoms with van der Waals surface area (Å²) in [7, 11) is 4.59. The standard InChI is InChI=1S/C27H29NO7/c1-18(20-8-6-5-7-9-20)28(16-19-10-13-23(33-3)25(14-19)34-4)26(29)17-35-24-15-21(32-2)11-12-22(24)27(30)31/h5-15,18H,16-17H2,1-4H3,(H,30,31)/t18-/m0/s1. The van der Waals surface area contributed by atoms with Crippen molar-refractivity contribution in [2.45, 2.75) is 19.5 Å². The van der Waals surface area contributed by atoms with Gasteiger partial charge < -0.3 is 29.0 Å². The molecule has 3 rings (SSSR count). The van der Waals surface area contributed by atoms with Crippen molar-refractivity contribution in [3.8, 4) is 23.0 Å². The molecular weight excluding hydrogens is 450 g/mol. The number of hydrogen-bond acceptors (Lipinski definition) is 6. The Balaban J connectivity index is 1.88. The lowest BCUT2D eigenvalue weighted by molar-refractivity contribution is -0.136. The average Bonchev–Trinajstić information content (AvgIpc) is 2.89. The zero-order chi connectivity index (χ0) is 25.4. The number of rotatable bonds is 11. The molecule has 0 heterocycles. The van der Waals surface area contributed by atoms with Crippen molar-refractivity contribution in [2.24, 2.45) is 0 Å². The van der Waals surface area contributed by atoms with E-state index in [1.807, 2.05) is 49.4 Å². The number of hydrogen-bond donors (Lipinski definition) is 1. The fourth-order valence-electron chi connectivity index (χ4n) is 3.68. The van der Waals surface area contributed by atoms with Gasteiger partial charge in [-0.1, -0.05) is 36.4 Å². The van der Waals surface area contributed by atoms with Crippen molar-refractivity contribution in [3.63, 3.8) is 0 Å². The van der Waals surface area contributed by atoms with E-state index in [0.717, 1.165) is 11.1 Å². The van der Waals surface area contributed by atoms with Gasteiger partial charge in [0, 0.05) is 12.6 Å². The molecule has 0 radical (unpaired) electrons. The summed E-state index contributed by atoms with van der Waals surface area (Å²) in [5, 5.41) is 9.49. The number of amides is 1. The van der Waals surface area contributed by atoms with E-state index in [0.29, 0.717) is 17.2 Å². The molecule has 1 N–H and O–H groups in total. The van der Waals surface area contributed by atoms with Gasteiger partial charge in [-0.3, -0.25) is 4.79 Å². The van der Waals surface area contributed by atoms with Crippen LogP contribution in [0.25, 0.3) is 0 Å². The molecule has 0 aliphatic carbocycles. The van der Waals surface area contributed by atoms with E-state index in [2.05, 4.69) is 0 Å². The first-order valence-electron chi connectivity index (χ1n) is 11.0. The van der Waals surface area contributed by atoms with Crippen molar-refractivity contribution in [3.05, 3.63) is 83.4 Å². The minimum atomic E-state index is -1.16. The Morgan fingerprint density at radius 2 is 1.57 bits per heavy atom. The summed E-state index contributed by atoms with van der Waals surface area (Å²) in [6.45, 7) is 1.86. The number of aromatic carboxylic acids is 1. The highest BCUT2D eigenvalue weighted by molar-refractivity contribution is 5.91. The third-order valence-electron chi connectivity index (χ3n) is 5.64. The Kier molecular flexibility index (Phi) is 8.56. The Bertz CT molecular complexity index is 1160. The molecule has 0 fully saturated rings. The molecule has 0 bridgehead atoms. The Labute approximate surface area is 204 Å². The maximum Gasteiger partial charge on any atom is 0.339 e. The Hall–Kier alpha value is -4.20. The van der Waals surface area contributed by atoms with E-state index >= 15 is 0 Å². The van der Waals surface area contributed by atoms with E-state index in [4.69, 9.17) is 18.9 Å². The van der Waals surface area contributed by atoms with Gasteiger partial charge in [0.15, 0.2) is 18.1 Å². The number of ether oxygens (including phenoxy) is 4. The van der Waals surface area contributed by atoms with Crippen LogP contribution in [0.15, 0.2) is 66.7 Å². The number of carboxylic acid groups (broad SMARTS) is 1. The summed E-state index contributed by atoms with van der Waals surface area (Å²) in [6, 6.07) is 19.2. The van der Waals surface area contributed by atoms with E-state index in [-0.39, 0.29) is 36.4 Å². The largest absolute Gasteiger partial charge is 0.497 e. The molecule has 0 aliphatic rings. The van der Waals surface area contributed by atoms with E-state index in [9.17, 15) is 14.7 Å². The van der Waals surface area contributed by atoms with Crippen molar-refractivity contribution >= 4 is 11.9 Å². The fourth-order valence-corrected chi connectivity index (χ4v) is 3.68. The van der Waals surface area contributed by atoms with Gasteiger partial charge in [-0.25, -0.2) is 4.79 Å². The summed E-state index contributed by atoms with van der Waals surface area (Å²) >= 11 is 0. The summed E-state index contributed by atoms with van der Waals surface area (Å²) < 4.78 is 21.6. The summed E-state index contributed by atoms with van der Waals surface area (Å²) in [4.78, 5) is 26.7. The highest BCUT2D eigenvalue weighted by Crippen LogP contribution is 2.30. The van der Waals surface area contributed by atoms with Crippen LogP contribution in [0.3, 0.4) is 0 Å². The predicted octanol–water partition coefficient (Wildman–Crippen LogP) is 4.58. The molecule has 0 aromatic heterocycles. The number of carbonyl (C=O) groups excluding carboxylic acids is 1. The van der Waals surface area contributed by atoms with Crippen LogP contribution >= 0.6 is 0 Å². The van der Waals surface area contributed by atoms with E-state index in [1.165, 1.54) is 25.3 Å². The number of methoxy groups -OCH3 is 3. The molecular formula is C27H29NO7. The van der Waals surface area contributed by atoms with Crippen LogP contribution in [-0.2, 0) is 11.3 Å². The summed E-state index contributed by atoms with van der Waals surface area (Å²) in [5.41, 5.74) is 1.74. The molecule has 3 aromatic rings. The number of carboxylic acids is 1. The van der Waals surface area contributed by atoms with Crippen LogP contribution in [0.1, 0.15) is 34.5 Å². The maximum atomic E-state index is 13.4. The molecule has 8 nitrogen and oxygen atoms in total. The molecule has 3 aromatic carbocycles. The fraction of sp³-hybridized carbons (Fsp3) is 0.259.